The lowest BCUT2D eigenvalue weighted by Crippen LogP contribution is -1.97. The zero-order chi connectivity index (χ0) is 13.1. The monoisotopic (exact) mass is 264 g/mol. The molecule has 2 aromatic rings. The van der Waals surface area contributed by atoms with Crippen LogP contribution in [0.5, 0.6) is 5.75 Å². The second kappa shape index (κ2) is 5.23. The fourth-order valence-electron chi connectivity index (χ4n) is 1.67. The van der Waals surface area contributed by atoms with Crippen LogP contribution < -0.4 is 4.74 Å². The number of benzene rings is 1. The van der Waals surface area contributed by atoms with Gasteiger partial charge in [0, 0.05) is 5.56 Å². The van der Waals surface area contributed by atoms with Gasteiger partial charge in [-0.2, -0.15) is 0 Å². The van der Waals surface area contributed by atoms with Crippen molar-refractivity contribution in [3.63, 3.8) is 0 Å². The highest BCUT2D eigenvalue weighted by molar-refractivity contribution is 6.33. The highest BCUT2D eigenvalue weighted by atomic mass is 35.5. The van der Waals surface area contributed by atoms with Crippen LogP contribution in [0, 0.1) is 0 Å². The molecule has 0 spiro atoms. The number of rotatable bonds is 4. The van der Waals surface area contributed by atoms with Crippen molar-refractivity contribution in [2.75, 3.05) is 7.11 Å². The normalized spacial score (nSPS) is 10.4. The summed E-state index contributed by atoms with van der Waals surface area (Å²) in [4.78, 5) is 18.2. The lowest BCUT2D eigenvalue weighted by molar-refractivity contribution is -0.116. The van der Waals surface area contributed by atoms with Crippen LogP contribution in [-0.4, -0.2) is 22.9 Å². The van der Waals surface area contributed by atoms with Crippen molar-refractivity contribution in [1.29, 1.82) is 0 Å². The molecular weight excluding hydrogens is 252 g/mol. The number of ether oxygens (including phenoxy) is 1. The van der Waals surface area contributed by atoms with Crippen molar-refractivity contribution in [3.05, 3.63) is 35.2 Å². The fourth-order valence-corrected chi connectivity index (χ4v) is 1.94. The van der Waals surface area contributed by atoms with Crippen LogP contribution in [0.2, 0.25) is 5.02 Å². The number of nitrogens with one attached hydrogen (secondary N) is 1. The van der Waals surface area contributed by atoms with Gasteiger partial charge in [-0.15, -0.1) is 0 Å². The molecule has 0 aliphatic rings. The van der Waals surface area contributed by atoms with Gasteiger partial charge in [0.1, 0.15) is 17.4 Å². The molecule has 0 unspecified atom stereocenters. The van der Waals surface area contributed by atoms with Gasteiger partial charge in [-0.1, -0.05) is 11.6 Å². The summed E-state index contributed by atoms with van der Waals surface area (Å²) < 4.78 is 5.09. The second-order valence-corrected chi connectivity index (χ2v) is 4.38. The molecule has 0 aliphatic carbocycles. The molecule has 5 heteroatoms. The molecule has 0 amide bonds. The first kappa shape index (κ1) is 12.6. The van der Waals surface area contributed by atoms with Gasteiger partial charge >= 0.3 is 0 Å². The minimum absolute atomic E-state index is 0.0664. The van der Waals surface area contributed by atoms with Gasteiger partial charge in [0.2, 0.25) is 0 Å². The standard InChI is InChI=1S/C13H13ClN2O2/c1-8(17)5-13-15-7-12(16-13)10-4-3-9(18-2)6-11(10)14/h3-4,6-7H,5H2,1-2H3,(H,15,16). The quantitative estimate of drug-likeness (QED) is 0.924. The summed E-state index contributed by atoms with van der Waals surface area (Å²) in [5.41, 5.74) is 1.62. The van der Waals surface area contributed by atoms with Gasteiger partial charge in [-0.05, 0) is 25.1 Å². The first-order valence-electron chi connectivity index (χ1n) is 5.47. The molecule has 0 radical (unpaired) electrons. The maximum Gasteiger partial charge on any atom is 0.137 e. The number of Topliss-reactive ketones (excluding diaryl/α,β-unsaturated/α-hetero) is 1. The van der Waals surface area contributed by atoms with Crippen molar-refractivity contribution in [1.82, 2.24) is 9.97 Å². The van der Waals surface area contributed by atoms with Crippen LogP contribution in [0.3, 0.4) is 0 Å². The Labute approximate surface area is 110 Å². The van der Waals surface area contributed by atoms with Crippen molar-refractivity contribution < 1.29 is 9.53 Å². The third-order valence-electron chi connectivity index (χ3n) is 2.51. The number of carbonyl (C=O) groups excluding carboxylic acids is 1. The summed E-state index contributed by atoms with van der Waals surface area (Å²) in [6, 6.07) is 5.42. The Morgan fingerprint density at radius 2 is 2.28 bits per heavy atom. The Balaban J connectivity index is 2.31. The number of halogens is 1. The Morgan fingerprint density at radius 3 is 2.89 bits per heavy atom. The lowest BCUT2D eigenvalue weighted by Gasteiger charge is -2.04. The number of nitrogens with zero attached hydrogens (tertiary/aromatic N) is 1. The summed E-state index contributed by atoms with van der Waals surface area (Å²) in [5, 5.41) is 0.576. The number of aromatic nitrogens is 2. The van der Waals surface area contributed by atoms with E-state index in [0.29, 0.717) is 23.0 Å². The number of imidazole rings is 1. The van der Waals surface area contributed by atoms with E-state index in [4.69, 9.17) is 16.3 Å². The van der Waals surface area contributed by atoms with Crippen molar-refractivity contribution in [3.8, 4) is 17.0 Å². The lowest BCUT2D eigenvalue weighted by atomic mass is 10.1. The third-order valence-corrected chi connectivity index (χ3v) is 2.82. The van der Waals surface area contributed by atoms with Crippen molar-refractivity contribution >= 4 is 17.4 Å². The van der Waals surface area contributed by atoms with Crippen LogP contribution in [0.4, 0.5) is 0 Å². The van der Waals surface area contributed by atoms with Crippen molar-refractivity contribution in [2.45, 2.75) is 13.3 Å². The van der Waals surface area contributed by atoms with E-state index in [1.807, 2.05) is 12.1 Å². The first-order chi connectivity index (χ1) is 8.60. The number of carbonyl (C=O) groups is 1. The fraction of sp³-hybridized carbons (Fsp3) is 0.231. The maximum absolute atomic E-state index is 11.0. The van der Waals surface area contributed by atoms with E-state index in [1.54, 1.807) is 19.4 Å². The molecule has 0 bridgehead atoms. The highest BCUT2D eigenvalue weighted by Gasteiger charge is 2.09. The zero-order valence-corrected chi connectivity index (χ0v) is 10.9. The molecule has 0 fully saturated rings. The summed E-state index contributed by atoms with van der Waals surface area (Å²) in [7, 11) is 1.59. The van der Waals surface area contributed by atoms with E-state index in [-0.39, 0.29) is 5.78 Å². The van der Waals surface area contributed by atoms with Crippen LogP contribution in [0.15, 0.2) is 24.4 Å². The molecular formula is C13H13ClN2O2. The number of hydrogen-bond donors (Lipinski definition) is 1. The number of aromatic amines is 1. The van der Waals surface area contributed by atoms with Crippen molar-refractivity contribution in [2.24, 2.45) is 0 Å². The van der Waals surface area contributed by atoms with E-state index in [0.717, 1.165) is 11.3 Å². The highest BCUT2D eigenvalue weighted by Crippen LogP contribution is 2.30. The molecule has 18 heavy (non-hydrogen) atoms. The summed E-state index contributed by atoms with van der Waals surface area (Å²) in [6.07, 6.45) is 1.97. The van der Waals surface area contributed by atoms with Crippen LogP contribution in [-0.2, 0) is 11.2 Å². The molecule has 2 rings (SSSR count). The molecule has 4 nitrogen and oxygen atoms in total. The summed E-state index contributed by atoms with van der Waals surface area (Å²) in [6.45, 7) is 1.53. The Morgan fingerprint density at radius 1 is 1.50 bits per heavy atom. The van der Waals surface area contributed by atoms with Gasteiger partial charge in [0.05, 0.1) is 30.4 Å². The smallest absolute Gasteiger partial charge is 0.137 e. The average Bonchev–Trinajstić information content (AvgIpc) is 2.76. The molecule has 1 heterocycles. The van der Waals surface area contributed by atoms with E-state index >= 15 is 0 Å². The minimum atomic E-state index is 0.0664. The molecule has 1 aromatic carbocycles. The Hall–Kier alpha value is -1.81. The zero-order valence-electron chi connectivity index (χ0n) is 10.2. The first-order valence-corrected chi connectivity index (χ1v) is 5.85. The SMILES string of the molecule is COc1ccc(-c2cnc(CC(C)=O)[nH]2)c(Cl)c1. The summed E-state index contributed by atoms with van der Waals surface area (Å²) >= 11 is 6.16. The Bertz CT molecular complexity index is 578. The summed E-state index contributed by atoms with van der Waals surface area (Å²) in [5.74, 6) is 1.41. The van der Waals surface area contributed by atoms with E-state index < -0.39 is 0 Å². The number of ketones is 1. The van der Waals surface area contributed by atoms with Gasteiger partial charge < -0.3 is 9.72 Å². The predicted molar refractivity (Wildman–Crippen MR) is 70.0 cm³/mol. The molecule has 1 N–H and O–H groups in total. The molecule has 0 atom stereocenters. The van der Waals surface area contributed by atoms with Crippen LogP contribution in [0.1, 0.15) is 12.7 Å². The van der Waals surface area contributed by atoms with Crippen LogP contribution in [0.25, 0.3) is 11.3 Å². The molecule has 1 aromatic heterocycles. The molecule has 0 aliphatic heterocycles. The largest absolute Gasteiger partial charge is 0.497 e. The Kier molecular flexibility index (Phi) is 3.67. The number of methoxy groups -OCH3 is 1. The topological polar surface area (TPSA) is 55.0 Å². The second-order valence-electron chi connectivity index (χ2n) is 3.97. The molecule has 0 saturated heterocycles. The minimum Gasteiger partial charge on any atom is -0.497 e. The average molecular weight is 265 g/mol. The number of H-pyrrole nitrogens is 1. The van der Waals surface area contributed by atoms with E-state index in [2.05, 4.69) is 9.97 Å². The van der Waals surface area contributed by atoms with Crippen LogP contribution >= 0.6 is 11.6 Å². The third kappa shape index (κ3) is 2.71. The van der Waals surface area contributed by atoms with E-state index in [9.17, 15) is 4.79 Å². The predicted octanol–water partition coefficient (Wildman–Crippen LogP) is 2.87. The van der Waals surface area contributed by atoms with E-state index in [1.165, 1.54) is 6.92 Å². The molecule has 0 saturated carbocycles. The van der Waals surface area contributed by atoms with Gasteiger partial charge in [0.15, 0.2) is 0 Å². The number of hydrogen-bond acceptors (Lipinski definition) is 3. The van der Waals surface area contributed by atoms with Gasteiger partial charge in [0.25, 0.3) is 0 Å². The van der Waals surface area contributed by atoms with Gasteiger partial charge in [-0.25, -0.2) is 4.98 Å². The van der Waals surface area contributed by atoms with Gasteiger partial charge in [-0.3, -0.25) is 4.79 Å². The molecule has 94 valence electrons. The maximum atomic E-state index is 11.0.